The first-order valence-corrected chi connectivity index (χ1v) is 11.4. The van der Waals surface area contributed by atoms with E-state index in [9.17, 15) is 22.8 Å². The van der Waals surface area contributed by atoms with Crippen LogP contribution in [0.5, 0.6) is 5.88 Å². The summed E-state index contributed by atoms with van der Waals surface area (Å²) in [4.78, 5) is 37.4. The van der Waals surface area contributed by atoms with Crippen LogP contribution in [0.15, 0.2) is 36.7 Å². The molecule has 5 heterocycles. The SMILES string of the molecule is O=C(CN1C(=O)C2(CC(Oc3ccc4[nH]ncc4n3)C2)c2ncccc21)N1CCCC1C(F)(F)F. The van der Waals surface area contributed by atoms with Gasteiger partial charge < -0.3 is 14.5 Å². The smallest absolute Gasteiger partial charge is 0.408 e. The van der Waals surface area contributed by atoms with Gasteiger partial charge in [0.25, 0.3) is 0 Å². The van der Waals surface area contributed by atoms with E-state index in [1.54, 1.807) is 36.7 Å². The van der Waals surface area contributed by atoms with Gasteiger partial charge in [-0.2, -0.15) is 18.3 Å². The molecule has 9 nitrogen and oxygen atoms in total. The van der Waals surface area contributed by atoms with E-state index in [4.69, 9.17) is 4.74 Å². The number of alkyl halides is 3. The number of hydrogen-bond donors (Lipinski definition) is 1. The van der Waals surface area contributed by atoms with Gasteiger partial charge in [-0.05, 0) is 31.0 Å². The van der Waals surface area contributed by atoms with Crippen LogP contribution in [0.3, 0.4) is 0 Å². The molecule has 0 bridgehead atoms. The minimum absolute atomic E-state index is 0.0278. The Labute approximate surface area is 197 Å². The Morgan fingerprint density at radius 1 is 1.26 bits per heavy atom. The fourth-order valence-electron chi connectivity index (χ4n) is 5.46. The van der Waals surface area contributed by atoms with Gasteiger partial charge in [-0.3, -0.25) is 19.7 Å². The zero-order valence-corrected chi connectivity index (χ0v) is 18.5. The molecule has 1 saturated carbocycles. The lowest BCUT2D eigenvalue weighted by atomic mass is 9.65. The molecule has 1 atom stereocenters. The number of fused-ring (bicyclic) bond motifs is 3. The number of carbonyl (C=O) groups excluding carboxylic acids is 2. The van der Waals surface area contributed by atoms with Crippen LogP contribution in [-0.2, 0) is 15.0 Å². The molecule has 1 N–H and O–H groups in total. The van der Waals surface area contributed by atoms with Crippen molar-refractivity contribution in [2.24, 2.45) is 0 Å². The first-order valence-electron chi connectivity index (χ1n) is 11.4. The van der Waals surface area contributed by atoms with E-state index in [1.807, 2.05) is 0 Å². The largest absolute Gasteiger partial charge is 0.474 e. The molecular formula is C23H21F3N6O3. The quantitative estimate of drug-likeness (QED) is 0.608. The maximum atomic E-state index is 13.5. The zero-order chi connectivity index (χ0) is 24.4. The van der Waals surface area contributed by atoms with Crippen LogP contribution < -0.4 is 9.64 Å². The van der Waals surface area contributed by atoms with Crippen molar-refractivity contribution in [1.82, 2.24) is 25.1 Å². The van der Waals surface area contributed by atoms with Crippen molar-refractivity contribution < 1.29 is 27.5 Å². The molecule has 182 valence electrons. The van der Waals surface area contributed by atoms with Gasteiger partial charge >= 0.3 is 6.18 Å². The number of aromatic amines is 1. The molecule has 0 radical (unpaired) electrons. The number of H-pyrrole nitrogens is 1. The number of pyridine rings is 2. The summed E-state index contributed by atoms with van der Waals surface area (Å²) >= 11 is 0. The van der Waals surface area contributed by atoms with Crippen molar-refractivity contribution in [3.05, 3.63) is 42.4 Å². The van der Waals surface area contributed by atoms with Gasteiger partial charge in [-0.1, -0.05) is 0 Å². The Morgan fingerprint density at radius 2 is 2.09 bits per heavy atom. The lowest BCUT2D eigenvalue weighted by Crippen LogP contribution is -2.55. The summed E-state index contributed by atoms with van der Waals surface area (Å²) in [7, 11) is 0. The Kier molecular flexibility index (Phi) is 4.77. The third-order valence-electron chi connectivity index (χ3n) is 7.14. The van der Waals surface area contributed by atoms with Crippen LogP contribution in [0.2, 0.25) is 0 Å². The summed E-state index contributed by atoms with van der Waals surface area (Å²) in [5.74, 6) is -0.639. The topological polar surface area (TPSA) is 104 Å². The van der Waals surface area contributed by atoms with Gasteiger partial charge in [0.2, 0.25) is 17.7 Å². The number of amides is 2. The minimum Gasteiger partial charge on any atom is -0.474 e. The fourth-order valence-corrected chi connectivity index (χ4v) is 5.46. The molecule has 0 aromatic carbocycles. The van der Waals surface area contributed by atoms with Crippen LogP contribution >= 0.6 is 0 Å². The number of nitrogens with zero attached hydrogens (tertiary/aromatic N) is 5. The molecule has 2 aliphatic heterocycles. The van der Waals surface area contributed by atoms with Crippen molar-refractivity contribution >= 4 is 28.5 Å². The van der Waals surface area contributed by atoms with Crippen LogP contribution in [0.25, 0.3) is 11.0 Å². The van der Waals surface area contributed by atoms with E-state index < -0.39 is 30.1 Å². The highest BCUT2D eigenvalue weighted by molar-refractivity contribution is 6.10. The summed E-state index contributed by atoms with van der Waals surface area (Å²) in [5.41, 5.74) is 1.46. The van der Waals surface area contributed by atoms with E-state index >= 15 is 0 Å². The number of halogens is 3. The number of aromatic nitrogens is 4. The maximum absolute atomic E-state index is 13.5. The number of nitrogens with one attached hydrogen (secondary N) is 1. The predicted octanol–water partition coefficient (Wildman–Crippen LogP) is 2.73. The van der Waals surface area contributed by atoms with E-state index in [0.717, 1.165) is 10.4 Å². The van der Waals surface area contributed by atoms with E-state index in [0.29, 0.717) is 35.6 Å². The lowest BCUT2D eigenvalue weighted by Gasteiger charge is -2.42. The van der Waals surface area contributed by atoms with Crippen LogP contribution in [0.4, 0.5) is 18.9 Å². The average Bonchev–Trinajstić information content (AvgIpc) is 3.52. The van der Waals surface area contributed by atoms with Crippen molar-refractivity contribution in [3.8, 4) is 5.88 Å². The van der Waals surface area contributed by atoms with Crippen molar-refractivity contribution in [1.29, 1.82) is 0 Å². The molecule has 3 aromatic heterocycles. The molecule has 6 rings (SSSR count). The Bertz CT molecular complexity index is 1320. The molecule has 3 aromatic rings. The van der Waals surface area contributed by atoms with Gasteiger partial charge in [0.05, 0.1) is 23.1 Å². The van der Waals surface area contributed by atoms with Crippen molar-refractivity contribution in [3.63, 3.8) is 0 Å². The highest BCUT2D eigenvalue weighted by Crippen LogP contribution is 2.53. The summed E-state index contributed by atoms with van der Waals surface area (Å²) in [6, 6.07) is 5.03. The number of anilines is 1. The van der Waals surface area contributed by atoms with Crippen molar-refractivity contribution in [2.75, 3.05) is 18.0 Å². The molecule has 1 aliphatic carbocycles. The zero-order valence-electron chi connectivity index (χ0n) is 18.5. The van der Waals surface area contributed by atoms with Crippen LogP contribution in [-0.4, -0.2) is 68.3 Å². The van der Waals surface area contributed by atoms with E-state index in [2.05, 4.69) is 20.2 Å². The monoisotopic (exact) mass is 486 g/mol. The maximum Gasteiger partial charge on any atom is 0.408 e. The molecule has 3 aliphatic rings. The summed E-state index contributed by atoms with van der Waals surface area (Å²) < 4.78 is 46.1. The number of ether oxygens (including phenoxy) is 1. The van der Waals surface area contributed by atoms with Crippen LogP contribution in [0, 0.1) is 0 Å². The number of carbonyl (C=O) groups is 2. The molecule has 35 heavy (non-hydrogen) atoms. The molecule has 2 fully saturated rings. The average molecular weight is 486 g/mol. The van der Waals surface area contributed by atoms with Gasteiger partial charge in [-0.15, -0.1) is 0 Å². The second-order valence-electron chi connectivity index (χ2n) is 9.23. The number of hydrogen-bond acceptors (Lipinski definition) is 6. The molecule has 1 saturated heterocycles. The lowest BCUT2D eigenvalue weighted by molar-refractivity contribution is -0.182. The van der Waals surface area contributed by atoms with Gasteiger partial charge in [0, 0.05) is 31.6 Å². The molecular weight excluding hydrogens is 465 g/mol. The normalized spacial score (nSPS) is 25.9. The first-order chi connectivity index (χ1) is 16.8. The molecule has 1 spiro atoms. The predicted molar refractivity (Wildman–Crippen MR) is 117 cm³/mol. The first kappa shape index (κ1) is 21.8. The second-order valence-corrected chi connectivity index (χ2v) is 9.23. The summed E-state index contributed by atoms with van der Waals surface area (Å²) in [6.07, 6.45) is -0.804. The molecule has 1 unspecified atom stereocenters. The number of likely N-dealkylation sites (tertiary alicyclic amines) is 1. The Morgan fingerprint density at radius 3 is 2.89 bits per heavy atom. The number of rotatable bonds is 4. The molecule has 12 heteroatoms. The molecule has 2 amide bonds. The van der Waals surface area contributed by atoms with Gasteiger partial charge in [-0.25, -0.2) is 4.98 Å². The summed E-state index contributed by atoms with van der Waals surface area (Å²) in [5, 5.41) is 6.75. The highest BCUT2D eigenvalue weighted by atomic mass is 19.4. The highest BCUT2D eigenvalue weighted by Gasteiger charge is 2.61. The fraction of sp³-hybridized carbons (Fsp3) is 0.435. The Hall–Kier alpha value is -3.70. The standard InChI is InChI=1S/C23H21F3N6O3/c24-23(25,26)17-4-2-8-31(17)19(33)12-32-16-3-1-7-27-20(16)22(21(32)34)9-13(10-22)35-18-6-5-14-15(29-18)11-28-30-14/h1,3,5-7,11,13,17H,2,4,8-10,12H2,(H,28,30). The minimum atomic E-state index is -4.49. The van der Waals surface area contributed by atoms with E-state index in [-0.39, 0.29) is 31.4 Å². The third-order valence-corrected chi connectivity index (χ3v) is 7.14. The van der Waals surface area contributed by atoms with Gasteiger partial charge in [0.15, 0.2) is 0 Å². The summed E-state index contributed by atoms with van der Waals surface area (Å²) in [6.45, 7) is -0.421. The second kappa shape index (κ2) is 7.65. The van der Waals surface area contributed by atoms with E-state index in [1.165, 1.54) is 4.90 Å². The van der Waals surface area contributed by atoms with Crippen molar-refractivity contribution in [2.45, 2.75) is 49.4 Å². The van der Waals surface area contributed by atoms with Crippen LogP contribution in [0.1, 0.15) is 31.4 Å². The van der Waals surface area contributed by atoms with Gasteiger partial charge in [0.1, 0.15) is 29.6 Å². The Balaban J connectivity index is 1.20. The third kappa shape index (κ3) is 3.41.